The van der Waals surface area contributed by atoms with E-state index in [2.05, 4.69) is 36.6 Å². The van der Waals surface area contributed by atoms with Gasteiger partial charge in [0.1, 0.15) is 0 Å². The molecule has 3 nitrogen and oxygen atoms in total. The first-order valence-corrected chi connectivity index (χ1v) is 7.84. The van der Waals surface area contributed by atoms with Gasteiger partial charge in [0.05, 0.1) is 4.90 Å². The molecule has 0 bridgehead atoms. The van der Waals surface area contributed by atoms with Gasteiger partial charge in [0, 0.05) is 15.5 Å². The largest absolute Gasteiger partial charge is 0.241 e. The Morgan fingerprint density at radius 2 is 1.94 bits per heavy atom. The maximum atomic E-state index is 11.9. The molecule has 0 aliphatic heterocycles. The van der Waals surface area contributed by atoms with Crippen molar-refractivity contribution < 1.29 is 8.42 Å². The fraction of sp³-hybridized carbons (Fsp3) is 0.400. The van der Waals surface area contributed by atoms with Gasteiger partial charge >= 0.3 is 0 Å². The quantitative estimate of drug-likeness (QED) is 0.884. The molecule has 1 N–H and O–H groups in total. The van der Waals surface area contributed by atoms with Gasteiger partial charge < -0.3 is 0 Å². The molecule has 1 rings (SSSR count). The van der Waals surface area contributed by atoms with Gasteiger partial charge in [-0.25, -0.2) is 13.1 Å². The molecular formula is C10H13Br2NO2S. The Balaban J connectivity index is 3.02. The first kappa shape index (κ1) is 14.2. The number of nitrogens with one attached hydrogen (secondary N) is 1. The summed E-state index contributed by atoms with van der Waals surface area (Å²) in [5, 5.41) is 0. The molecule has 0 unspecified atom stereocenters. The summed E-state index contributed by atoms with van der Waals surface area (Å²) in [7, 11) is -3.44. The first-order chi connectivity index (χ1) is 7.33. The van der Waals surface area contributed by atoms with Crippen LogP contribution in [0, 0.1) is 5.92 Å². The topological polar surface area (TPSA) is 46.2 Å². The minimum absolute atomic E-state index is 0.252. The molecule has 0 aliphatic carbocycles. The van der Waals surface area contributed by atoms with Crippen molar-refractivity contribution in [1.29, 1.82) is 0 Å². The summed E-state index contributed by atoms with van der Waals surface area (Å²) in [5.74, 6) is 0.278. The van der Waals surface area contributed by atoms with Crippen molar-refractivity contribution in [3.8, 4) is 0 Å². The molecule has 0 saturated carbocycles. The lowest BCUT2D eigenvalue weighted by atomic mass is 10.2. The van der Waals surface area contributed by atoms with Crippen LogP contribution in [0.5, 0.6) is 0 Å². The third-order valence-corrected chi connectivity index (χ3v) is 4.78. The minimum atomic E-state index is -3.44. The van der Waals surface area contributed by atoms with Crippen LogP contribution in [0.4, 0.5) is 0 Å². The molecule has 90 valence electrons. The Bertz CT molecular complexity index is 472. The van der Waals surface area contributed by atoms with Crippen molar-refractivity contribution in [2.45, 2.75) is 18.7 Å². The third-order valence-electron chi connectivity index (χ3n) is 1.86. The summed E-state index contributed by atoms with van der Waals surface area (Å²) in [4.78, 5) is 0.252. The van der Waals surface area contributed by atoms with Gasteiger partial charge in [-0.05, 0) is 40.0 Å². The summed E-state index contributed by atoms with van der Waals surface area (Å²) in [6.45, 7) is 4.35. The fourth-order valence-electron chi connectivity index (χ4n) is 1.04. The molecule has 0 amide bonds. The highest BCUT2D eigenvalue weighted by atomic mass is 79.9. The number of hydrogen-bond acceptors (Lipinski definition) is 2. The average molecular weight is 371 g/mol. The lowest BCUT2D eigenvalue weighted by Gasteiger charge is -2.10. The van der Waals surface area contributed by atoms with E-state index in [1.807, 2.05) is 13.8 Å². The Kier molecular flexibility index (Phi) is 4.97. The molecule has 0 saturated heterocycles. The summed E-state index contributed by atoms with van der Waals surface area (Å²) in [6, 6.07) is 5.06. The van der Waals surface area contributed by atoms with Crippen LogP contribution < -0.4 is 4.72 Å². The lowest BCUT2D eigenvalue weighted by molar-refractivity contribution is 0.559. The number of halogens is 2. The van der Waals surface area contributed by atoms with Gasteiger partial charge in [0.15, 0.2) is 0 Å². The Morgan fingerprint density at radius 3 is 2.50 bits per heavy atom. The molecule has 0 spiro atoms. The third kappa shape index (κ3) is 3.84. The van der Waals surface area contributed by atoms with Crippen LogP contribution in [0.15, 0.2) is 32.0 Å². The van der Waals surface area contributed by atoms with Crippen LogP contribution in [-0.4, -0.2) is 15.0 Å². The highest BCUT2D eigenvalue weighted by molar-refractivity contribution is 9.11. The van der Waals surface area contributed by atoms with Crippen molar-refractivity contribution in [2.75, 3.05) is 6.54 Å². The maximum absolute atomic E-state index is 11.9. The van der Waals surface area contributed by atoms with E-state index in [-0.39, 0.29) is 10.8 Å². The Hall–Kier alpha value is 0.0900. The van der Waals surface area contributed by atoms with Crippen LogP contribution in [0.3, 0.4) is 0 Å². The van der Waals surface area contributed by atoms with E-state index in [4.69, 9.17) is 0 Å². The lowest BCUT2D eigenvalue weighted by Crippen LogP contribution is -2.27. The highest BCUT2D eigenvalue weighted by Gasteiger charge is 2.17. The zero-order valence-electron chi connectivity index (χ0n) is 9.00. The summed E-state index contributed by atoms with van der Waals surface area (Å²) in [6.07, 6.45) is 0. The van der Waals surface area contributed by atoms with E-state index >= 15 is 0 Å². The molecule has 1 aromatic carbocycles. The Morgan fingerprint density at radius 1 is 1.31 bits per heavy atom. The van der Waals surface area contributed by atoms with Crippen molar-refractivity contribution in [1.82, 2.24) is 4.72 Å². The second-order valence-corrected chi connectivity index (χ2v) is 7.33. The van der Waals surface area contributed by atoms with Gasteiger partial charge in [-0.1, -0.05) is 29.8 Å². The monoisotopic (exact) mass is 369 g/mol. The zero-order chi connectivity index (χ0) is 12.3. The predicted molar refractivity (Wildman–Crippen MR) is 71.9 cm³/mol. The molecule has 0 aromatic heterocycles. The van der Waals surface area contributed by atoms with E-state index in [0.29, 0.717) is 11.0 Å². The molecule has 0 aliphatic rings. The van der Waals surface area contributed by atoms with Crippen LogP contribution in [0.2, 0.25) is 0 Å². The van der Waals surface area contributed by atoms with Crippen LogP contribution in [0.1, 0.15) is 13.8 Å². The van der Waals surface area contributed by atoms with E-state index < -0.39 is 10.0 Å². The fourth-order valence-corrected chi connectivity index (χ4v) is 3.75. The van der Waals surface area contributed by atoms with Gasteiger partial charge in [-0.3, -0.25) is 0 Å². The van der Waals surface area contributed by atoms with E-state index in [0.717, 1.165) is 4.47 Å². The Labute approximate surface area is 113 Å². The molecule has 0 atom stereocenters. The van der Waals surface area contributed by atoms with E-state index in [9.17, 15) is 8.42 Å². The van der Waals surface area contributed by atoms with Crippen LogP contribution >= 0.6 is 31.9 Å². The van der Waals surface area contributed by atoms with Crippen molar-refractivity contribution in [3.05, 3.63) is 27.1 Å². The summed E-state index contributed by atoms with van der Waals surface area (Å²) >= 11 is 6.49. The second kappa shape index (κ2) is 5.62. The number of benzene rings is 1. The SMILES string of the molecule is CC(C)CNS(=O)(=O)c1cc(Br)ccc1Br. The number of hydrogen-bond donors (Lipinski definition) is 1. The summed E-state index contributed by atoms with van der Waals surface area (Å²) < 4.78 is 27.8. The van der Waals surface area contributed by atoms with E-state index in [1.54, 1.807) is 18.2 Å². The first-order valence-electron chi connectivity index (χ1n) is 4.77. The molecule has 0 heterocycles. The van der Waals surface area contributed by atoms with Gasteiger partial charge in [0.25, 0.3) is 0 Å². The van der Waals surface area contributed by atoms with Crippen LogP contribution in [0.25, 0.3) is 0 Å². The van der Waals surface area contributed by atoms with Crippen molar-refractivity contribution >= 4 is 41.9 Å². The predicted octanol–water partition coefficient (Wildman–Crippen LogP) is 3.15. The standard InChI is InChI=1S/C10H13Br2NO2S/c1-7(2)6-13-16(14,15)10-5-8(11)3-4-9(10)12/h3-5,7,13H,6H2,1-2H3. The van der Waals surface area contributed by atoms with Gasteiger partial charge in [0.2, 0.25) is 10.0 Å². The normalized spacial score (nSPS) is 12.1. The van der Waals surface area contributed by atoms with Gasteiger partial charge in [-0.2, -0.15) is 0 Å². The molecule has 6 heteroatoms. The molecule has 0 radical (unpaired) electrons. The highest BCUT2D eigenvalue weighted by Crippen LogP contribution is 2.25. The van der Waals surface area contributed by atoms with Crippen molar-refractivity contribution in [2.24, 2.45) is 5.92 Å². The zero-order valence-corrected chi connectivity index (χ0v) is 13.0. The molecular weight excluding hydrogens is 358 g/mol. The van der Waals surface area contributed by atoms with Gasteiger partial charge in [-0.15, -0.1) is 0 Å². The summed E-state index contributed by atoms with van der Waals surface area (Å²) in [5.41, 5.74) is 0. The second-order valence-electron chi connectivity index (χ2n) is 3.82. The smallest absolute Gasteiger partial charge is 0.211 e. The van der Waals surface area contributed by atoms with Crippen LogP contribution in [-0.2, 0) is 10.0 Å². The number of sulfonamides is 1. The van der Waals surface area contributed by atoms with E-state index in [1.165, 1.54) is 0 Å². The molecule has 16 heavy (non-hydrogen) atoms. The van der Waals surface area contributed by atoms with Crippen molar-refractivity contribution in [3.63, 3.8) is 0 Å². The minimum Gasteiger partial charge on any atom is -0.211 e. The number of rotatable bonds is 4. The average Bonchev–Trinajstić information content (AvgIpc) is 2.19. The maximum Gasteiger partial charge on any atom is 0.241 e. The molecule has 0 fully saturated rings. The molecule has 1 aromatic rings.